The molecule has 0 saturated carbocycles. The van der Waals surface area contributed by atoms with Crippen LogP contribution in [0.15, 0.2) is 0 Å². The molecule has 0 aromatic rings. The summed E-state index contributed by atoms with van der Waals surface area (Å²) in [6.07, 6.45) is 1.73. The van der Waals surface area contributed by atoms with E-state index in [0.29, 0.717) is 5.88 Å². The third-order valence-corrected chi connectivity index (χ3v) is 1.99. The zero-order valence-electron chi connectivity index (χ0n) is 6.39. The molecule has 3 heteroatoms. The van der Waals surface area contributed by atoms with Gasteiger partial charge in [0.15, 0.2) is 0 Å². The van der Waals surface area contributed by atoms with E-state index in [-0.39, 0.29) is 0 Å². The van der Waals surface area contributed by atoms with Gasteiger partial charge in [-0.15, -0.1) is 0 Å². The second-order valence-corrected chi connectivity index (χ2v) is 3.41. The van der Waals surface area contributed by atoms with Gasteiger partial charge in [0.1, 0.15) is 0 Å². The highest BCUT2D eigenvalue weighted by molar-refractivity contribution is 7.84. The lowest BCUT2D eigenvalue weighted by atomic mass is 10.6. The molecule has 0 heterocycles. The second-order valence-electron chi connectivity index (χ2n) is 2.01. The molecule has 0 aliphatic heterocycles. The van der Waals surface area contributed by atoms with Gasteiger partial charge in [0.2, 0.25) is 0 Å². The molecular weight excluding hydrogens is 134 g/mol. The fourth-order valence-electron chi connectivity index (χ4n) is 0.663. The maximum absolute atomic E-state index is 10.6. The van der Waals surface area contributed by atoms with Crippen LogP contribution in [0, 0.1) is 0 Å². The molecule has 0 aromatic carbocycles. The van der Waals surface area contributed by atoms with Gasteiger partial charge in [-0.25, -0.2) is 0 Å². The Morgan fingerprint density at radius 2 is 1.78 bits per heavy atom. The number of rotatable bonds is 4. The van der Waals surface area contributed by atoms with E-state index in [2.05, 4.69) is 18.7 Å². The van der Waals surface area contributed by atoms with Crippen molar-refractivity contribution >= 4 is 10.8 Å². The molecule has 2 nitrogen and oxygen atoms in total. The van der Waals surface area contributed by atoms with Gasteiger partial charge in [0.05, 0.1) is 5.88 Å². The maximum atomic E-state index is 10.6. The monoisotopic (exact) mass is 149 g/mol. The lowest BCUT2D eigenvalue weighted by molar-refractivity contribution is 0.354. The molecule has 0 bridgehead atoms. The fraction of sp³-hybridized carbons (Fsp3) is 1.00. The zero-order chi connectivity index (χ0) is 7.28. The Labute approximate surface area is 59.7 Å². The first-order chi connectivity index (χ1) is 4.20. The minimum absolute atomic E-state index is 0.669. The maximum Gasteiger partial charge on any atom is 0.0744 e. The molecule has 0 spiro atoms. The third-order valence-electron chi connectivity index (χ3n) is 1.26. The van der Waals surface area contributed by atoms with Gasteiger partial charge >= 0.3 is 0 Å². The molecule has 0 aliphatic carbocycles. The quantitative estimate of drug-likeness (QED) is 0.585. The average Bonchev–Trinajstić information content (AvgIpc) is 1.82. The summed E-state index contributed by atoms with van der Waals surface area (Å²) in [6.45, 7) is 6.15. The standard InChI is InChI=1S/C6H15NOS/c1-4-7(5-2)6-9(3)8/h4-6H2,1-3H3. The van der Waals surface area contributed by atoms with Crippen molar-refractivity contribution in [2.45, 2.75) is 13.8 Å². The topological polar surface area (TPSA) is 20.3 Å². The highest BCUT2D eigenvalue weighted by atomic mass is 32.2. The van der Waals surface area contributed by atoms with Crippen LogP contribution in [-0.2, 0) is 10.8 Å². The van der Waals surface area contributed by atoms with E-state index in [1.54, 1.807) is 6.26 Å². The third kappa shape index (κ3) is 4.60. The normalized spacial score (nSPS) is 14.2. The molecule has 0 aliphatic rings. The van der Waals surface area contributed by atoms with Crippen LogP contribution >= 0.6 is 0 Å². The lowest BCUT2D eigenvalue weighted by Gasteiger charge is -2.15. The van der Waals surface area contributed by atoms with Gasteiger partial charge in [-0.05, 0) is 13.1 Å². The Kier molecular flexibility index (Phi) is 5.00. The molecule has 0 aromatic heterocycles. The van der Waals surface area contributed by atoms with Gasteiger partial charge in [-0.2, -0.15) is 0 Å². The van der Waals surface area contributed by atoms with E-state index in [1.807, 2.05) is 0 Å². The van der Waals surface area contributed by atoms with Crippen molar-refractivity contribution in [3.63, 3.8) is 0 Å². The van der Waals surface area contributed by atoms with E-state index in [9.17, 15) is 4.21 Å². The minimum atomic E-state index is -0.669. The van der Waals surface area contributed by atoms with Crippen LogP contribution in [0.25, 0.3) is 0 Å². The fourth-order valence-corrected chi connectivity index (χ4v) is 1.54. The van der Waals surface area contributed by atoms with Crippen molar-refractivity contribution in [1.29, 1.82) is 0 Å². The summed E-state index contributed by atoms with van der Waals surface area (Å²) >= 11 is 0. The zero-order valence-corrected chi connectivity index (χ0v) is 7.20. The Bertz CT molecular complexity index is 91.1. The summed E-state index contributed by atoms with van der Waals surface area (Å²) in [5.41, 5.74) is 0. The van der Waals surface area contributed by atoms with Gasteiger partial charge in [-0.3, -0.25) is 9.11 Å². The summed E-state index contributed by atoms with van der Waals surface area (Å²) in [4.78, 5) is 2.15. The van der Waals surface area contributed by atoms with Gasteiger partial charge < -0.3 is 0 Å². The van der Waals surface area contributed by atoms with E-state index in [4.69, 9.17) is 0 Å². The highest BCUT2D eigenvalue weighted by Gasteiger charge is 1.98. The molecule has 0 amide bonds. The summed E-state index contributed by atoms with van der Waals surface area (Å²) in [6, 6.07) is 0. The molecule has 0 radical (unpaired) electrons. The SMILES string of the molecule is CCN(CC)CS(C)=O. The van der Waals surface area contributed by atoms with Gasteiger partial charge in [0, 0.05) is 17.1 Å². The van der Waals surface area contributed by atoms with Crippen molar-refractivity contribution in [2.24, 2.45) is 0 Å². The molecule has 56 valence electrons. The number of hydrogen-bond donors (Lipinski definition) is 0. The van der Waals surface area contributed by atoms with E-state index < -0.39 is 10.8 Å². The molecule has 1 unspecified atom stereocenters. The average molecular weight is 149 g/mol. The first-order valence-electron chi connectivity index (χ1n) is 3.23. The molecule has 0 N–H and O–H groups in total. The summed E-state index contributed by atoms with van der Waals surface area (Å²) < 4.78 is 10.6. The Balaban J connectivity index is 3.43. The van der Waals surface area contributed by atoms with Crippen LogP contribution in [0.5, 0.6) is 0 Å². The number of hydrogen-bond acceptors (Lipinski definition) is 2. The molecular formula is C6H15NOS. The summed E-state index contributed by atoms with van der Waals surface area (Å²) in [5, 5.41) is 0. The van der Waals surface area contributed by atoms with E-state index in [0.717, 1.165) is 13.1 Å². The van der Waals surface area contributed by atoms with Crippen molar-refractivity contribution < 1.29 is 4.21 Å². The van der Waals surface area contributed by atoms with Crippen LogP contribution in [0.2, 0.25) is 0 Å². The Morgan fingerprint density at radius 1 is 1.33 bits per heavy atom. The van der Waals surface area contributed by atoms with Crippen molar-refractivity contribution in [2.75, 3.05) is 25.2 Å². The Hall–Kier alpha value is 0.110. The lowest BCUT2D eigenvalue weighted by Crippen LogP contribution is -2.26. The predicted molar refractivity (Wildman–Crippen MR) is 41.9 cm³/mol. The van der Waals surface area contributed by atoms with Gasteiger partial charge in [0.25, 0.3) is 0 Å². The summed E-state index contributed by atoms with van der Waals surface area (Å²) in [5.74, 6) is 0.715. The predicted octanol–water partition coefficient (Wildman–Crippen LogP) is 0.664. The summed E-state index contributed by atoms with van der Waals surface area (Å²) in [7, 11) is -0.669. The molecule has 0 fully saturated rings. The van der Waals surface area contributed by atoms with Crippen LogP contribution in [-0.4, -0.2) is 34.3 Å². The Morgan fingerprint density at radius 3 is 1.89 bits per heavy atom. The smallest absolute Gasteiger partial charge is 0.0744 e. The first-order valence-corrected chi connectivity index (χ1v) is 4.95. The van der Waals surface area contributed by atoms with Gasteiger partial charge in [-0.1, -0.05) is 13.8 Å². The van der Waals surface area contributed by atoms with E-state index in [1.165, 1.54) is 0 Å². The number of nitrogens with zero attached hydrogens (tertiary/aromatic N) is 1. The van der Waals surface area contributed by atoms with Crippen LogP contribution in [0.3, 0.4) is 0 Å². The van der Waals surface area contributed by atoms with Crippen molar-refractivity contribution in [3.8, 4) is 0 Å². The van der Waals surface area contributed by atoms with Crippen molar-refractivity contribution in [1.82, 2.24) is 4.90 Å². The largest absolute Gasteiger partial charge is 0.292 e. The molecule has 0 rings (SSSR count). The molecule has 1 atom stereocenters. The van der Waals surface area contributed by atoms with Crippen LogP contribution in [0.4, 0.5) is 0 Å². The second kappa shape index (κ2) is 4.94. The molecule has 9 heavy (non-hydrogen) atoms. The van der Waals surface area contributed by atoms with Crippen molar-refractivity contribution in [3.05, 3.63) is 0 Å². The van der Waals surface area contributed by atoms with E-state index >= 15 is 0 Å². The van der Waals surface area contributed by atoms with Crippen LogP contribution in [0.1, 0.15) is 13.8 Å². The highest BCUT2D eigenvalue weighted by Crippen LogP contribution is 1.87. The minimum Gasteiger partial charge on any atom is -0.292 e. The molecule has 0 saturated heterocycles. The van der Waals surface area contributed by atoms with Crippen LogP contribution < -0.4 is 0 Å². The first kappa shape index (κ1) is 9.11.